The summed E-state index contributed by atoms with van der Waals surface area (Å²) in [5.41, 5.74) is 0.940. The van der Waals surface area contributed by atoms with Crippen molar-refractivity contribution in [1.29, 1.82) is 0 Å². The van der Waals surface area contributed by atoms with Crippen LogP contribution in [0.4, 0.5) is 0 Å². The fourth-order valence-electron chi connectivity index (χ4n) is 2.80. The summed E-state index contributed by atoms with van der Waals surface area (Å²) in [6, 6.07) is 28.3. The molecule has 0 saturated carbocycles. The molecular formula is C22H21O3P. The molecule has 0 aliphatic heterocycles. The fourth-order valence-corrected chi connectivity index (χ4v) is 5.42. The first kappa shape index (κ1) is 18.2. The van der Waals surface area contributed by atoms with Gasteiger partial charge in [0.1, 0.15) is 13.7 Å². The highest BCUT2D eigenvalue weighted by Gasteiger charge is 2.28. The molecule has 3 aromatic carbocycles. The van der Waals surface area contributed by atoms with Crippen molar-refractivity contribution in [2.45, 2.75) is 13.0 Å². The number of rotatable bonds is 7. The van der Waals surface area contributed by atoms with Crippen LogP contribution in [0.1, 0.15) is 12.0 Å². The zero-order chi connectivity index (χ0) is 18.2. The fraction of sp³-hybridized carbons (Fsp3) is 0.136. The standard InChI is InChI=1S/C22H21O3P/c23-22(25-18-19-10-4-1-5-11-19)16-17-26(24,20-12-6-2-7-13-20)21-14-8-3-9-15-21/h1-15H,16-18H2. The highest BCUT2D eigenvalue weighted by Crippen LogP contribution is 2.43. The van der Waals surface area contributed by atoms with E-state index in [1.807, 2.05) is 91.0 Å². The number of benzene rings is 3. The van der Waals surface area contributed by atoms with Gasteiger partial charge >= 0.3 is 5.97 Å². The normalized spacial score (nSPS) is 11.1. The first-order valence-electron chi connectivity index (χ1n) is 8.58. The van der Waals surface area contributed by atoms with E-state index in [9.17, 15) is 9.36 Å². The molecule has 0 aliphatic rings. The number of carbonyl (C=O) groups is 1. The van der Waals surface area contributed by atoms with Gasteiger partial charge in [-0.2, -0.15) is 0 Å². The maximum Gasteiger partial charge on any atom is 0.306 e. The van der Waals surface area contributed by atoms with Gasteiger partial charge in [-0.15, -0.1) is 0 Å². The lowest BCUT2D eigenvalue weighted by Gasteiger charge is -2.19. The van der Waals surface area contributed by atoms with Crippen LogP contribution < -0.4 is 10.6 Å². The van der Waals surface area contributed by atoms with Crippen molar-refractivity contribution in [3.8, 4) is 0 Å². The van der Waals surface area contributed by atoms with Crippen molar-refractivity contribution in [3.05, 3.63) is 96.6 Å². The number of hydrogen-bond donors (Lipinski definition) is 0. The van der Waals surface area contributed by atoms with Crippen LogP contribution in [0.3, 0.4) is 0 Å². The minimum atomic E-state index is -2.87. The SMILES string of the molecule is O=C(CCP(=O)(c1ccccc1)c1ccccc1)OCc1ccccc1. The Morgan fingerprint density at radius 2 is 1.19 bits per heavy atom. The molecule has 0 amide bonds. The molecule has 0 aliphatic carbocycles. The van der Waals surface area contributed by atoms with Gasteiger partial charge in [0.25, 0.3) is 0 Å². The number of carbonyl (C=O) groups excluding carboxylic acids is 1. The molecule has 0 N–H and O–H groups in total. The van der Waals surface area contributed by atoms with Crippen LogP contribution in [-0.4, -0.2) is 12.1 Å². The molecule has 0 spiro atoms. The smallest absolute Gasteiger partial charge is 0.306 e. The summed E-state index contributed by atoms with van der Waals surface area (Å²) in [6.45, 7) is 0.237. The van der Waals surface area contributed by atoms with Gasteiger partial charge in [-0.05, 0) is 5.56 Å². The van der Waals surface area contributed by atoms with Crippen molar-refractivity contribution < 1.29 is 14.1 Å². The molecule has 0 bridgehead atoms. The maximum absolute atomic E-state index is 13.8. The lowest BCUT2D eigenvalue weighted by molar-refractivity contribution is -0.144. The summed E-state index contributed by atoms with van der Waals surface area (Å²) in [4.78, 5) is 12.2. The minimum Gasteiger partial charge on any atom is -0.461 e. The monoisotopic (exact) mass is 364 g/mol. The van der Waals surface area contributed by atoms with E-state index in [0.717, 1.165) is 16.2 Å². The summed E-state index contributed by atoms with van der Waals surface area (Å²) in [5, 5.41) is 1.53. The molecule has 3 rings (SSSR count). The number of esters is 1. The third-order valence-corrected chi connectivity index (χ3v) is 7.34. The molecule has 26 heavy (non-hydrogen) atoms. The Kier molecular flexibility index (Phi) is 6.04. The van der Waals surface area contributed by atoms with Crippen LogP contribution in [0.25, 0.3) is 0 Å². The van der Waals surface area contributed by atoms with E-state index in [0.29, 0.717) is 0 Å². The molecule has 0 saturated heterocycles. The molecular weight excluding hydrogens is 343 g/mol. The van der Waals surface area contributed by atoms with E-state index in [1.165, 1.54) is 0 Å². The largest absolute Gasteiger partial charge is 0.461 e. The third-order valence-electron chi connectivity index (χ3n) is 4.22. The Hall–Kier alpha value is -2.64. The molecule has 3 aromatic rings. The predicted octanol–water partition coefficient (Wildman–Crippen LogP) is 4.13. The van der Waals surface area contributed by atoms with Crippen molar-refractivity contribution in [3.63, 3.8) is 0 Å². The molecule has 4 heteroatoms. The summed E-state index contributed by atoms with van der Waals surface area (Å²) >= 11 is 0. The summed E-state index contributed by atoms with van der Waals surface area (Å²) in [6.07, 6.45) is 0.378. The topological polar surface area (TPSA) is 43.4 Å². The summed E-state index contributed by atoms with van der Waals surface area (Å²) in [7, 11) is -2.87. The van der Waals surface area contributed by atoms with E-state index in [2.05, 4.69) is 0 Å². The zero-order valence-electron chi connectivity index (χ0n) is 14.5. The van der Waals surface area contributed by atoms with E-state index in [1.54, 1.807) is 0 Å². The molecule has 0 heterocycles. The third kappa shape index (κ3) is 4.50. The average molecular weight is 364 g/mol. The van der Waals surface area contributed by atoms with Gasteiger partial charge in [-0.1, -0.05) is 91.0 Å². The van der Waals surface area contributed by atoms with Crippen molar-refractivity contribution >= 4 is 23.7 Å². The lowest BCUT2D eigenvalue weighted by Crippen LogP contribution is -2.20. The van der Waals surface area contributed by atoms with Crippen LogP contribution in [0.5, 0.6) is 0 Å². The molecule has 0 atom stereocenters. The van der Waals surface area contributed by atoms with E-state index >= 15 is 0 Å². The van der Waals surface area contributed by atoms with Gasteiger partial charge in [-0.25, -0.2) is 0 Å². The summed E-state index contributed by atoms with van der Waals surface area (Å²) in [5.74, 6) is -0.332. The van der Waals surface area contributed by atoms with Gasteiger partial charge < -0.3 is 9.30 Å². The highest BCUT2D eigenvalue weighted by molar-refractivity contribution is 7.78. The Morgan fingerprint density at radius 3 is 1.69 bits per heavy atom. The van der Waals surface area contributed by atoms with Crippen LogP contribution >= 0.6 is 7.14 Å². The number of hydrogen-bond acceptors (Lipinski definition) is 3. The highest BCUT2D eigenvalue weighted by atomic mass is 31.2. The molecule has 3 nitrogen and oxygen atoms in total. The van der Waals surface area contributed by atoms with Crippen molar-refractivity contribution in [2.24, 2.45) is 0 Å². The van der Waals surface area contributed by atoms with Crippen LogP contribution in [0.2, 0.25) is 0 Å². The first-order valence-corrected chi connectivity index (χ1v) is 10.5. The van der Waals surface area contributed by atoms with Gasteiger partial charge in [0, 0.05) is 16.8 Å². The maximum atomic E-state index is 13.8. The minimum absolute atomic E-state index is 0.119. The molecule has 0 fully saturated rings. The van der Waals surface area contributed by atoms with Gasteiger partial charge in [0.05, 0.1) is 6.42 Å². The molecule has 0 aromatic heterocycles. The Morgan fingerprint density at radius 1 is 0.731 bits per heavy atom. The zero-order valence-corrected chi connectivity index (χ0v) is 15.3. The van der Waals surface area contributed by atoms with Crippen molar-refractivity contribution in [2.75, 3.05) is 6.16 Å². The first-order chi connectivity index (χ1) is 12.7. The number of ether oxygens (including phenoxy) is 1. The quantitative estimate of drug-likeness (QED) is 0.468. The van der Waals surface area contributed by atoms with E-state index in [-0.39, 0.29) is 25.2 Å². The second-order valence-corrected chi connectivity index (χ2v) is 8.99. The van der Waals surface area contributed by atoms with Crippen LogP contribution in [0.15, 0.2) is 91.0 Å². The molecule has 0 radical (unpaired) electrons. The molecule has 0 unspecified atom stereocenters. The summed E-state index contributed by atoms with van der Waals surface area (Å²) < 4.78 is 19.1. The van der Waals surface area contributed by atoms with Crippen LogP contribution in [0, 0.1) is 0 Å². The average Bonchev–Trinajstić information content (AvgIpc) is 2.72. The van der Waals surface area contributed by atoms with Gasteiger partial charge in [0.2, 0.25) is 0 Å². The Bertz CT molecular complexity index is 834. The van der Waals surface area contributed by atoms with Crippen LogP contribution in [-0.2, 0) is 20.7 Å². The Balaban J connectivity index is 1.71. The second kappa shape index (κ2) is 8.64. The predicted molar refractivity (Wildman–Crippen MR) is 105 cm³/mol. The Labute approximate surface area is 154 Å². The second-order valence-electron chi connectivity index (χ2n) is 6.03. The molecule has 132 valence electrons. The lowest BCUT2D eigenvalue weighted by atomic mass is 10.2. The van der Waals surface area contributed by atoms with Gasteiger partial charge in [0.15, 0.2) is 0 Å². The van der Waals surface area contributed by atoms with Gasteiger partial charge in [-0.3, -0.25) is 4.79 Å². The van der Waals surface area contributed by atoms with E-state index in [4.69, 9.17) is 4.74 Å². The van der Waals surface area contributed by atoms with Crippen molar-refractivity contribution in [1.82, 2.24) is 0 Å². The van der Waals surface area contributed by atoms with E-state index < -0.39 is 7.14 Å².